The first-order valence-corrected chi connectivity index (χ1v) is 7.69. The molecule has 5 nitrogen and oxygen atoms in total. The number of nitrogens with one attached hydrogen (secondary N) is 1. The number of benzene rings is 2. The fraction of sp³-hybridized carbons (Fsp3) is 0.158. The summed E-state index contributed by atoms with van der Waals surface area (Å²) in [5.74, 6) is 0.335. The molecular formula is C19H15NO4. The molecule has 3 aromatic rings. The zero-order valence-corrected chi connectivity index (χ0v) is 13.0. The molecule has 0 fully saturated rings. The van der Waals surface area contributed by atoms with E-state index in [1.54, 1.807) is 12.1 Å². The highest BCUT2D eigenvalue weighted by Gasteiger charge is 2.26. The van der Waals surface area contributed by atoms with Crippen molar-refractivity contribution in [2.75, 3.05) is 6.61 Å². The van der Waals surface area contributed by atoms with Gasteiger partial charge in [-0.05, 0) is 30.7 Å². The Labute approximate surface area is 137 Å². The summed E-state index contributed by atoms with van der Waals surface area (Å²) in [5.41, 5.74) is 2.06. The quantitative estimate of drug-likeness (QED) is 0.788. The van der Waals surface area contributed by atoms with Crippen LogP contribution in [0.4, 0.5) is 0 Å². The van der Waals surface area contributed by atoms with Gasteiger partial charge in [0.2, 0.25) is 0 Å². The van der Waals surface area contributed by atoms with Gasteiger partial charge in [0.25, 0.3) is 5.91 Å². The van der Waals surface area contributed by atoms with E-state index in [2.05, 4.69) is 5.32 Å². The third kappa shape index (κ3) is 2.44. The first kappa shape index (κ1) is 14.5. The Balaban J connectivity index is 1.66. The van der Waals surface area contributed by atoms with E-state index in [9.17, 15) is 9.59 Å². The summed E-state index contributed by atoms with van der Waals surface area (Å²) in [5, 5.41) is 3.33. The summed E-state index contributed by atoms with van der Waals surface area (Å²) in [7, 11) is 0. The predicted octanol–water partition coefficient (Wildman–Crippen LogP) is 2.96. The summed E-state index contributed by atoms with van der Waals surface area (Å²) in [6.45, 7) is 2.26. The summed E-state index contributed by atoms with van der Waals surface area (Å²) in [6.07, 6.45) is 0. The molecule has 0 saturated heterocycles. The van der Waals surface area contributed by atoms with Crippen molar-refractivity contribution in [3.63, 3.8) is 0 Å². The van der Waals surface area contributed by atoms with E-state index in [4.69, 9.17) is 9.15 Å². The second kappa shape index (κ2) is 5.53. The molecule has 1 amide bonds. The second-order valence-corrected chi connectivity index (χ2v) is 5.85. The van der Waals surface area contributed by atoms with E-state index in [1.807, 2.05) is 37.3 Å². The molecule has 0 saturated carbocycles. The summed E-state index contributed by atoms with van der Waals surface area (Å²) in [4.78, 5) is 24.7. The molecule has 1 aliphatic heterocycles. The van der Waals surface area contributed by atoms with Crippen molar-refractivity contribution in [1.29, 1.82) is 0 Å². The molecule has 1 N–H and O–H groups in total. The lowest BCUT2D eigenvalue weighted by atomic mass is 10.1. The van der Waals surface area contributed by atoms with E-state index in [0.29, 0.717) is 17.6 Å². The zero-order valence-electron chi connectivity index (χ0n) is 13.0. The Morgan fingerprint density at radius 3 is 2.88 bits per heavy atom. The Hall–Kier alpha value is -3.08. The molecule has 0 aliphatic carbocycles. The topological polar surface area (TPSA) is 68.5 Å². The third-order valence-corrected chi connectivity index (χ3v) is 4.11. The number of amides is 1. The van der Waals surface area contributed by atoms with E-state index in [-0.39, 0.29) is 17.2 Å². The van der Waals surface area contributed by atoms with Gasteiger partial charge in [0.05, 0.1) is 11.4 Å². The molecule has 2 aromatic carbocycles. The van der Waals surface area contributed by atoms with Gasteiger partial charge in [-0.1, -0.05) is 24.3 Å². The third-order valence-electron chi connectivity index (χ3n) is 4.11. The van der Waals surface area contributed by atoms with Crippen molar-refractivity contribution in [2.24, 2.45) is 0 Å². The number of fused-ring (bicyclic) bond motifs is 2. The minimum atomic E-state index is -0.430. The minimum absolute atomic E-state index is 0.00230. The lowest BCUT2D eigenvalue weighted by molar-refractivity contribution is 0.0903. The van der Waals surface area contributed by atoms with Gasteiger partial charge in [-0.15, -0.1) is 0 Å². The van der Waals surface area contributed by atoms with Crippen molar-refractivity contribution in [3.05, 3.63) is 75.6 Å². The molecule has 1 aromatic heterocycles. The summed E-state index contributed by atoms with van der Waals surface area (Å²) in [6, 6.07) is 13.8. The van der Waals surface area contributed by atoms with Gasteiger partial charge >= 0.3 is 0 Å². The standard InChI is InChI=1S/C19H15NO4/c1-11-6-7-13-15(21)9-18(24-17(13)8-11)19(22)20-14-10-23-16-5-3-2-4-12(14)16/h2-9,14H,10H2,1H3,(H,20,22)/t14-/m1/s1. The summed E-state index contributed by atoms with van der Waals surface area (Å²) < 4.78 is 11.2. The average Bonchev–Trinajstić information content (AvgIpc) is 2.97. The molecule has 4 rings (SSSR count). The van der Waals surface area contributed by atoms with Crippen LogP contribution in [-0.4, -0.2) is 12.5 Å². The fourth-order valence-electron chi connectivity index (χ4n) is 2.89. The van der Waals surface area contributed by atoms with Gasteiger partial charge in [0, 0.05) is 11.6 Å². The van der Waals surface area contributed by atoms with Crippen LogP contribution in [0.2, 0.25) is 0 Å². The molecule has 24 heavy (non-hydrogen) atoms. The highest BCUT2D eigenvalue weighted by molar-refractivity contribution is 5.93. The molecular weight excluding hydrogens is 306 g/mol. The molecule has 0 bridgehead atoms. The van der Waals surface area contributed by atoms with Crippen LogP contribution < -0.4 is 15.5 Å². The van der Waals surface area contributed by atoms with Crippen molar-refractivity contribution in [1.82, 2.24) is 5.32 Å². The molecule has 120 valence electrons. The van der Waals surface area contributed by atoms with Crippen LogP contribution in [0.25, 0.3) is 11.0 Å². The average molecular weight is 321 g/mol. The lowest BCUT2D eigenvalue weighted by Crippen LogP contribution is -2.30. The van der Waals surface area contributed by atoms with Crippen LogP contribution in [-0.2, 0) is 0 Å². The van der Waals surface area contributed by atoms with Crippen LogP contribution >= 0.6 is 0 Å². The number of carbonyl (C=O) groups is 1. The second-order valence-electron chi connectivity index (χ2n) is 5.85. The lowest BCUT2D eigenvalue weighted by Gasteiger charge is -2.11. The Bertz CT molecular complexity index is 1010. The number of para-hydroxylation sites is 1. The number of aryl methyl sites for hydroxylation is 1. The minimum Gasteiger partial charge on any atom is -0.491 e. The van der Waals surface area contributed by atoms with E-state index < -0.39 is 5.91 Å². The van der Waals surface area contributed by atoms with E-state index in [1.165, 1.54) is 6.07 Å². The van der Waals surface area contributed by atoms with Crippen LogP contribution in [0.15, 0.2) is 57.7 Å². The monoisotopic (exact) mass is 321 g/mol. The zero-order chi connectivity index (χ0) is 16.7. The largest absolute Gasteiger partial charge is 0.491 e. The van der Waals surface area contributed by atoms with Crippen molar-refractivity contribution in [2.45, 2.75) is 13.0 Å². The summed E-state index contributed by atoms with van der Waals surface area (Å²) >= 11 is 0. The number of rotatable bonds is 2. The van der Waals surface area contributed by atoms with Crippen LogP contribution in [0.3, 0.4) is 0 Å². The van der Waals surface area contributed by atoms with Crippen molar-refractivity contribution >= 4 is 16.9 Å². The van der Waals surface area contributed by atoms with Crippen molar-refractivity contribution < 1.29 is 13.9 Å². The number of hydrogen-bond acceptors (Lipinski definition) is 4. The van der Waals surface area contributed by atoms with Gasteiger partial charge in [-0.2, -0.15) is 0 Å². The Morgan fingerprint density at radius 2 is 2.00 bits per heavy atom. The molecule has 1 atom stereocenters. The van der Waals surface area contributed by atoms with Gasteiger partial charge in [-0.25, -0.2) is 0 Å². The highest BCUT2D eigenvalue weighted by Crippen LogP contribution is 2.31. The normalized spacial score (nSPS) is 15.8. The SMILES string of the molecule is Cc1ccc2c(=O)cc(C(=O)N[C@@H]3COc4ccccc43)oc2c1. The highest BCUT2D eigenvalue weighted by atomic mass is 16.5. The fourth-order valence-corrected chi connectivity index (χ4v) is 2.89. The van der Waals surface area contributed by atoms with Gasteiger partial charge in [-0.3, -0.25) is 9.59 Å². The molecule has 5 heteroatoms. The van der Waals surface area contributed by atoms with Crippen LogP contribution in [0.1, 0.15) is 27.7 Å². The maximum absolute atomic E-state index is 12.5. The molecule has 1 aliphatic rings. The first-order chi connectivity index (χ1) is 11.6. The maximum Gasteiger partial charge on any atom is 0.287 e. The Morgan fingerprint density at radius 1 is 1.17 bits per heavy atom. The Kier molecular flexibility index (Phi) is 3.34. The van der Waals surface area contributed by atoms with E-state index in [0.717, 1.165) is 16.9 Å². The molecule has 2 heterocycles. The van der Waals surface area contributed by atoms with Crippen LogP contribution in [0, 0.1) is 6.92 Å². The van der Waals surface area contributed by atoms with Crippen LogP contribution in [0.5, 0.6) is 5.75 Å². The number of carbonyl (C=O) groups excluding carboxylic acids is 1. The van der Waals surface area contributed by atoms with Gasteiger partial charge in [0.15, 0.2) is 11.2 Å². The molecule has 0 radical (unpaired) electrons. The molecule has 0 spiro atoms. The van der Waals surface area contributed by atoms with Crippen molar-refractivity contribution in [3.8, 4) is 5.75 Å². The smallest absolute Gasteiger partial charge is 0.287 e. The number of ether oxygens (including phenoxy) is 1. The predicted molar refractivity (Wildman–Crippen MR) is 89.4 cm³/mol. The molecule has 0 unspecified atom stereocenters. The maximum atomic E-state index is 12.5. The van der Waals surface area contributed by atoms with Gasteiger partial charge < -0.3 is 14.5 Å². The number of hydrogen-bond donors (Lipinski definition) is 1. The first-order valence-electron chi connectivity index (χ1n) is 7.69. The van der Waals surface area contributed by atoms with E-state index >= 15 is 0 Å². The van der Waals surface area contributed by atoms with Gasteiger partial charge in [0.1, 0.15) is 17.9 Å².